The Kier molecular flexibility index (Phi) is 11.8. The van der Waals surface area contributed by atoms with Gasteiger partial charge in [0.1, 0.15) is 11.8 Å². The molecule has 0 radical (unpaired) electrons. The smallest absolute Gasteiger partial charge is 0.286 e. The van der Waals surface area contributed by atoms with Crippen molar-refractivity contribution in [2.75, 3.05) is 18.1 Å². The average molecular weight is 456 g/mol. The zero-order valence-electron chi connectivity index (χ0n) is 20.0. The minimum Gasteiger partial charge on any atom is -0.398 e. The Balaban J connectivity index is 0.000000335. The number of rotatable bonds is 5. The van der Waals surface area contributed by atoms with Crippen LogP contribution in [0.4, 0.5) is 20.2 Å². The van der Waals surface area contributed by atoms with Crippen molar-refractivity contribution in [1.29, 1.82) is 5.26 Å². The number of alkyl halides is 2. The number of nitriles is 1. The highest BCUT2D eigenvalue weighted by molar-refractivity contribution is 5.90. The summed E-state index contributed by atoms with van der Waals surface area (Å²) >= 11 is 0. The maximum Gasteiger partial charge on any atom is 0.286 e. The first-order valence-electron chi connectivity index (χ1n) is 11.3. The van der Waals surface area contributed by atoms with E-state index in [1.165, 1.54) is 50.3 Å². The molecule has 1 aliphatic rings. The predicted molar refractivity (Wildman–Crippen MR) is 135 cm³/mol. The van der Waals surface area contributed by atoms with Crippen molar-refractivity contribution in [3.05, 3.63) is 59.4 Å². The van der Waals surface area contributed by atoms with Gasteiger partial charge in [0.25, 0.3) is 5.92 Å². The van der Waals surface area contributed by atoms with Gasteiger partial charge in [-0.1, -0.05) is 45.8 Å². The maximum absolute atomic E-state index is 12.7. The Bertz CT molecular complexity index is 952. The molecule has 3 N–H and O–H groups in total. The van der Waals surface area contributed by atoms with Gasteiger partial charge in [0, 0.05) is 37.5 Å². The van der Waals surface area contributed by atoms with E-state index >= 15 is 0 Å². The van der Waals surface area contributed by atoms with Gasteiger partial charge in [-0.15, -0.1) is 0 Å². The van der Waals surface area contributed by atoms with Gasteiger partial charge in [-0.2, -0.15) is 14.0 Å². The number of halogens is 2. The van der Waals surface area contributed by atoms with Gasteiger partial charge in [-0.3, -0.25) is 4.99 Å². The number of aromatic nitrogens is 1. The van der Waals surface area contributed by atoms with Crippen molar-refractivity contribution in [2.45, 2.75) is 64.8 Å². The molecular weight excluding hydrogens is 420 g/mol. The lowest BCUT2D eigenvalue weighted by Gasteiger charge is -2.17. The van der Waals surface area contributed by atoms with Crippen LogP contribution in [0.3, 0.4) is 0 Å². The molecule has 3 rings (SSSR count). The molecule has 5 nitrogen and oxygen atoms in total. The molecule has 7 heteroatoms. The van der Waals surface area contributed by atoms with Crippen LogP contribution in [0.2, 0.25) is 0 Å². The number of hydrogen-bond acceptors (Lipinski definition) is 5. The SMILES string of the molecule is C=Cc1cccc(C(C)(F)F)n1.CC.CNc1cc(C=NC2CCCCC2)c(N)cc1C#N. The first-order chi connectivity index (χ1) is 15.8. The normalized spacial score (nSPS) is 13.7. The molecule has 0 spiro atoms. The Labute approximate surface area is 196 Å². The van der Waals surface area contributed by atoms with Crippen molar-refractivity contribution in [3.8, 4) is 6.07 Å². The summed E-state index contributed by atoms with van der Waals surface area (Å²) in [4.78, 5) is 8.32. The third-order valence-electron chi connectivity index (χ3n) is 5.04. The van der Waals surface area contributed by atoms with Gasteiger partial charge >= 0.3 is 0 Å². The summed E-state index contributed by atoms with van der Waals surface area (Å²) in [6.07, 6.45) is 9.51. The van der Waals surface area contributed by atoms with Crippen LogP contribution < -0.4 is 11.1 Å². The zero-order valence-corrected chi connectivity index (χ0v) is 20.0. The third-order valence-corrected chi connectivity index (χ3v) is 5.04. The molecule has 33 heavy (non-hydrogen) atoms. The Morgan fingerprint density at radius 3 is 2.45 bits per heavy atom. The Morgan fingerprint density at radius 1 is 1.24 bits per heavy atom. The predicted octanol–water partition coefficient (Wildman–Crippen LogP) is 6.80. The molecule has 0 atom stereocenters. The lowest BCUT2D eigenvalue weighted by Crippen LogP contribution is -2.10. The van der Waals surface area contributed by atoms with E-state index in [0.717, 1.165) is 18.2 Å². The number of pyridine rings is 1. The van der Waals surface area contributed by atoms with Crippen molar-refractivity contribution in [3.63, 3.8) is 0 Å². The number of nitrogens with one attached hydrogen (secondary N) is 1. The number of hydrogen-bond donors (Lipinski definition) is 2. The molecule has 0 saturated heterocycles. The van der Waals surface area contributed by atoms with E-state index in [0.29, 0.717) is 23.0 Å². The largest absolute Gasteiger partial charge is 0.398 e. The van der Waals surface area contributed by atoms with Crippen LogP contribution in [0.5, 0.6) is 0 Å². The number of aliphatic imine (C=N–C) groups is 1. The van der Waals surface area contributed by atoms with Gasteiger partial charge in [-0.05, 0) is 43.2 Å². The number of anilines is 2. The molecule has 1 aromatic carbocycles. The zero-order chi connectivity index (χ0) is 24.9. The third kappa shape index (κ3) is 9.01. The molecular formula is C26H35F2N5. The molecule has 2 aromatic rings. The van der Waals surface area contributed by atoms with E-state index in [1.54, 1.807) is 19.2 Å². The van der Waals surface area contributed by atoms with E-state index in [1.807, 2.05) is 26.1 Å². The van der Waals surface area contributed by atoms with Gasteiger partial charge < -0.3 is 11.1 Å². The molecule has 1 aliphatic carbocycles. The van der Waals surface area contributed by atoms with Crippen LogP contribution >= 0.6 is 0 Å². The summed E-state index contributed by atoms with van der Waals surface area (Å²) < 4.78 is 25.3. The van der Waals surface area contributed by atoms with Crippen molar-refractivity contribution in [2.24, 2.45) is 4.99 Å². The fourth-order valence-corrected chi connectivity index (χ4v) is 3.27. The van der Waals surface area contributed by atoms with Crippen molar-refractivity contribution >= 4 is 23.7 Å². The van der Waals surface area contributed by atoms with Crippen LogP contribution in [0.25, 0.3) is 6.08 Å². The van der Waals surface area contributed by atoms with Gasteiger partial charge in [0.05, 0.1) is 16.9 Å². The minimum atomic E-state index is -2.88. The molecule has 1 saturated carbocycles. The molecule has 1 heterocycles. The summed E-state index contributed by atoms with van der Waals surface area (Å²) in [6.45, 7) is 8.27. The highest BCUT2D eigenvalue weighted by Crippen LogP contribution is 2.25. The lowest BCUT2D eigenvalue weighted by molar-refractivity contribution is 0.0127. The van der Waals surface area contributed by atoms with E-state index in [4.69, 9.17) is 11.0 Å². The van der Waals surface area contributed by atoms with E-state index in [-0.39, 0.29) is 5.69 Å². The molecule has 1 fully saturated rings. The molecule has 0 aliphatic heterocycles. The van der Waals surface area contributed by atoms with E-state index in [2.05, 4.69) is 27.9 Å². The second-order valence-corrected chi connectivity index (χ2v) is 7.50. The summed E-state index contributed by atoms with van der Waals surface area (Å²) in [5.74, 6) is -2.88. The van der Waals surface area contributed by atoms with Crippen LogP contribution in [0, 0.1) is 11.3 Å². The van der Waals surface area contributed by atoms with Crippen LogP contribution in [0.1, 0.15) is 75.4 Å². The topological polar surface area (TPSA) is 87.1 Å². The number of nitrogens with two attached hydrogens (primary N) is 1. The second kappa shape index (κ2) is 14.0. The first-order valence-corrected chi connectivity index (χ1v) is 11.3. The van der Waals surface area contributed by atoms with Crippen molar-refractivity contribution in [1.82, 2.24) is 4.98 Å². The fraction of sp³-hybridized carbons (Fsp3) is 0.423. The van der Waals surface area contributed by atoms with Crippen LogP contribution in [-0.4, -0.2) is 24.3 Å². The highest BCUT2D eigenvalue weighted by Gasteiger charge is 2.25. The maximum atomic E-state index is 12.7. The lowest BCUT2D eigenvalue weighted by atomic mass is 9.96. The molecule has 0 amide bonds. The fourth-order valence-electron chi connectivity index (χ4n) is 3.27. The summed E-state index contributed by atoms with van der Waals surface area (Å²) in [7, 11) is 1.80. The van der Waals surface area contributed by atoms with Gasteiger partial charge in [0.2, 0.25) is 0 Å². The quantitative estimate of drug-likeness (QED) is 0.383. The Hall–Kier alpha value is -3.27. The summed E-state index contributed by atoms with van der Waals surface area (Å²) in [5, 5.41) is 12.0. The molecule has 178 valence electrons. The summed E-state index contributed by atoms with van der Waals surface area (Å²) in [6, 6.07) is 10.6. The van der Waals surface area contributed by atoms with E-state index < -0.39 is 5.92 Å². The number of nitrogens with zero attached hydrogens (tertiary/aromatic N) is 3. The van der Waals surface area contributed by atoms with Crippen LogP contribution in [-0.2, 0) is 5.92 Å². The second-order valence-electron chi connectivity index (χ2n) is 7.50. The number of benzene rings is 1. The van der Waals surface area contributed by atoms with Crippen molar-refractivity contribution < 1.29 is 8.78 Å². The molecule has 0 bridgehead atoms. The van der Waals surface area contributed by atoms with E-state index in [9.17, 15) is 8.78 Å². The standard InChI is InChI=1S/C15H20N4.C9H9F2N.C2H6/c1-18-15-8-12(14(17)7-11(15)9-16)10-19-13-5-3-2-4-6-13;1-3-7-5-4-6-8(12-7)9(2,10)11;1-2/h7-8,10,13,18H,2-6,17H2,1H3;3-6H,1H2,2H3;1-2H3. The highest BCUT2D eigenvalue weighted by atomic mass is 19.3. The minimum absolute atomic E-state index is 0.222. The van der Waals surface area contributed by atoms with Crippen LogP contribution in [0.15, 0.2) is 41.9 Å². The summed E-state index contributed by atoms with van der Waals surface area (Å²) in [5.41, 5.74) is 9.06. The van der Waals surface area contributed by atoms with Gasteiger partial charge in [-0.25, -0.2) is 4.98 Å². The number of nitrogen functional groups attached to an aromatic ring is 1. The van der Waals surface area contributed by atoms with Gasteiger partial charge in [0.15, 0.2) is 0 Å². The molecule has 1 aromatic heterocycles. The molecule has 0 unspecified atom stereocenters. The monoisotopic (exact) mass is 455 g/mol. The average Bonchev–Trinajstić information content (AvgIpc) is 2.84. The first kappa shape index (κ1) is 27.8. The Morgan fingerprint density at radius 2 is 1.91 bits per heavy atom.